The lowest BCUT2D eigenvalue weighted by atomic mass is 10.1. The zero-order valence-corrected chi connectivity index (χ0v) is 15.1. The van der Waals surface area contributed by atoms with Crippen molar-refractivity contribution < 1.29 is 26.3 Å². The molecule has 0 aliphatic carbocycles. The van der Waals surface area contributed by atoms with E-state index in [1.165, 1.54) is 24.3 Å². The van der Waals surface area contributed by atoms with Crippen LogP contribution < -0.4 is 15.8 Å². The van der Waals surface area contributed by atoms with Gasteiger partial charge in [-0.2, -0.15) is 0 Å². The smallest absolute Gasteiger partial charge is 0.406 e. The number of anilines is 1. The van der Waals surface area contributed by atoms with Gasteiger partial charge in [0.2, 0.25) is 0 Å². The van der Waals surface area contributed by atoms with Gasteiger partial charge in [0, 0.05) is 18.5 Å². The third-order valence-corrected chi connectivity index (χ3v) is 4.52. The average molecular weight is 401 g/mol. The third-order valence-electron chi connectivity index (χ3n) is 3.39. The van der Waals surface area contributed by atoms with Crippen molar-refractivity contribution in [2.24, 2.45) is 10.7 Å². The molecule has 2 aromatic carbocycles. The second kappa shape index (κ2) is 8.30. The molecular weight excluding hydrogens is 383 g/mol. The molecule has 6 nitrogen and oxygen atoms in total. The predicted molar refractivity (Wildman–Crippen MR) is 96.5 cm³/mol. The number of sulfone groups is 1. The maximum absolute atomic E-state index is 12.1. The fourth-order valence-electron chi connectivity index (χ4n) is 2.14. The van der Waals surface area contributed by atoms with Gasteiger partial charge in [-0.1, -0.05) is 12.1 Å². The monoisotopic (exact) mass is 401 g/mol. The van der Waals surface area contributed by atoms with Gasteiger partial charge in [-0.3, -0.25) is 4.99 Å². The van der Waals surface area contributed by atoms with E-state index in [2.05, 4.69) is 15.0 Å². The molecule has 0 aliphatic heterocycles. The van der Waals surface area contributed by atoms with Crippen molar-refractivity contribution in [2.45, 2.75) is 17.7 Å². The summed E-state index contributed by atoms with van der Waals surface area (Å²) < 4.78 is 62.9. The second-order valence-electron chi connectivity index (χ2n) is 5.63. The van der Waals surface area contributed by atoms with E-state index in [0.717, 1.165) is 24.0 Å². The molecule has 10 heteroatoms. The van der Waals surface area contributed by atoms with E-state index in [4.69, 9.17) is 5.73 Å². The van der Waals surface area contributed by atoms with Crippen molar-refractivity contribution in [1.82, 2.24) is 0 Å². The van der Waals surface area contributed by atoms with Crippen LogP contribution in [0.2, 0.25) is 0 Å². The summed E-state index contributed by atoms with van der Waals surface area (Å²) in [5.74, 6) is -0.228. The molecule has 0 aliphatic rings. The topological polar surface area (TPSA) is 93.8 Å². The largest absolute Gasteiger partial charge is 0.573 e. The van der Waals surface area contributed by atoms with Gasteiger partial charge < -0.3 is 15.8 Å². The summed E-state index contributed by atoms with van der Waals surface area (Å²) in [7, 11) is -3.23. The van der Waals surface area contributed by atoms with E-state index >= 15 is 0 Å². The van der Waals surface area contributed by atoms with E-state index in [9.17, 15) is 21.6 Å². The molecule has 0 fully saturated rings. The van der Waals surface area contributed by atoms with Gasteiger partial charge in [0.1, 0.15) is 5.75 Å². The van der Waals surface area contributed by atoms with Gasteiger partial charge in [0.05, 0.1) is 4.90 Å². The first kappa shape index (κ1) is 20.6. The molecular formula is C17H18F3N3O3S. The molecule has 0 aromatic heterocycles. The summed E-state index contributed by atoms with van der Waals surface area (Å²) in [6.07, 6.45) is -3.06. The Morgan fingerprint density at radius 2 is 1.70 bits per heavy atom. The number of alkyl halides is 3. The maximum Gasteiger partial charge on any atom is 0.573 e. The average Bonchev–Trinajstić information content (AvgIpc) is 2.55. The Bertz CT molecular complexity index is 894. The van der Waals surface area contributed by atoms with Crippen LogP contribution in [0.3, 0.4) is 0 Å². The number of halogens is 3. The minimum absolute atomic E-state index is 0.104. The molecule has 0 spiro atoms. The number of hydrogen-bond donors (Lipinski definition) is 2. The van der Waals surface area contributed by atoms with E-state index in [1.807, 2.05) is 0 Å². The van der Waals surface area contributed by atoms with Crippen LogP contribution in [0.4, 0.5) is 18.9 Å². The molecule has 0 saturated heterocycles. The minimum atomic E-state index is -4.74. The summed E-state index contributed by atoms with van der Waals surface area (Å²) in [5.41, 5.74) is 7.10. The number of ether oxygens (including phenoxy) is 1. The van der Waals surface area contributed by atoms with E-state index < -0.39 is 16.2 Å². The summed E-state index contributed by atoms with van der Waals surface area (Å²) in [6, 6.07) is 11.5. The van der Waals surface area contributed by atoms with Crippen LogP contribution in [0.25, 0.3) is 0 Å². The summed E-state index contributed by atoms with van der Waals surface area (Å²) in [6.45, 7) is 0.353. The zero-order valence-electron chi connectivity index (χ0n) is 14.3. The molecule has 27 heavy (non-hydrogen) atoms. The van der Waals surface area contributed by atoms with Crippen LogP contribution in [0.1, 0.15) is 5.56 Å². The van der Waals surface area contributed by atoms with Crippen LogP contribution in [0, 0.1) is 0 Å². The molecule has 0 heterocycles. The highest BCUT2D eigenvalue weighted by atomic mass is 32.2. The van der Waals surface area contributed by atoms with E-state index in [1.54, 1.807) is 12.1 Å². The number of rotatable bonds is 6. The molecule has 2 aromatic rings. The van der Waals surface area contributed by atoms with Gasteiger partial charge in [-0.15, -0.1) is 13.2 Å². The lowest BCUT2D eigenvalue weighted by Crippen LogP contribution is -2.23. The Kier molecular flexibility index (Phi) is 6.32. The SMILES string of the molecule is CS(=O)(=O)c1ccc(CCN=C(N)Nc2ccc(OC(F)(F)F)cc2)cc1. The highest BCUT2D eigenvalue weighted by Gasteiger charge is 2.30. The molecule has 0 unspecified atom stereocenters. The molecule has 3 N–H and O–H groups in total. The lowest BCUT2D eigenvalue weighted by Gasteiger charge is -2.10. The Labute approximate surface area is 154 Å². The molecule has 0 bridgehead atoms. The Morgan fingerprint density at radius 3 is 2.22 bits per heavy atom. The number of nitrogens with one attached hydrogen (secondary N) is 1. The van der Waals surface area contributed by atoms with Crippen LogP contribution in [-0.4, -0.2) is 33.5 Å². The van der Waals surface area contributed by atoms with Gasteiger partial charge >= 0.3 is 6.36 Å². The number of benzene rings is 2. The van der Waals surface area contributed by atoms with Crippen molar-refractivity contribution in [3.63, 3.8) is 0 Å². The standard InChI is InChI=1S/C17H18F3N3O3S/c1-27(24,25)15-8-2-12(3-9-15)10-11-22-16(21)23-13-4-6-14(7-5-13)26-17(18,19)20/h2-9H,10-11H2,1H3,(H3,21,22,23). The Balaban J connectivity index is 1.87. The minimum Gasteiger partial charge on any atom is -0.406 e. The molecule has 0 saturated carbocycles. The molecule has 0 radical (unpaired) electrons. The fraction of sp³-hybridized carbons (Fsp3) is 0.235. The lowest BCUT2D eigenvalue weighted by molar-refractivity contribution is -0.274. The number of aliphatic imine (C=N–C) groups is 1. The number of guanidine groups is 1. The number of nitrogens with two attached hydrogens (primary N) is 1. The van der Waals surface area contributed by atoms with Crippen molar-refractivity contribution in [2.75, 3.05) is 18.1 Å². The first-order valence-corrected chi connectivity index (χ1v) is 9.64. The summed E-state index contributed by atoms with van der Waals surface area (Å²) >= 11 is 0. The van der Waals surface area contributed by atoms with Crippen molar-refractivity contribution in [1.29, 1.82) is 0 Å². The highest BCUT2D eigenvalue weighted by molar-refractivity contribution is 7.90. The van der Waals surface area contributed by atoms with Crippen molar-refractivity contribution in [3.8, 4) is 5.75 Å². The van der Waals surface area contributed by atoms with Gasteiger partial charge in [0.15, 0.2) is 15.8 Å². The van der Waals surface area contributed by atoms with Crippen LogP contribution in [0.5, 0.6) is 5.75 Å². The second-order valence-corrected chi connectivity index (χ2v) is 7.65. The first-order chi connectivity index (χ1) is 12.5. The van der Waals surface area contributed by atoms with Gasteiger partial charge in [0.25, 0.3) is 0 Å². The molecule has 146 valence electrons. The van der Waals surface area contributed by atoms with Gasteiger partial charge in [-0.25, -0.2) is 8.42 Å². The van der Waals surface area contributed by atoms with Crippen LogP contribution in [-0.2, 0) is 16.3 Å². The third kappa shape index (κ3) is 7.18. The highest BCUT2D eigenvalue weighted by Crippen LogP contribution is 2.23. The Morgan fingerprint density at radius 1 is 1.11 bits per heavy atom. The van der Waals surface area contributed by atoms with E-state index in [0.29, 0.717) is 18.7 Å². The van der Waals surface area contributed by atoms with Crippen LogP contribution >= 0.6 is 0 Å². The number of nitrogens with zero attached hydrogens (tertiary/aromatic N) is 1. The zero-order chi connectivity index (χ0) is 20.1. The predicted octanol–water partition coefficient (Wildman–Crippen LogP) is 2.96. The van der Waals surface area contributed by atoms with Crippen molar-refractivity contribution >= 4 is 21.5 Å². The van der Waals surface area contributed by atoms with Crippen LogP contribution in [0.15, 0.2) is 58.4 Å². The first-order valence-electron chi connectivity index (χ1n) is 7.75. The fourth-order valence-corrected chi connectivity index (χ4v) is 2.77. The summed E-state index contributed by atoms with van der Waals surface area (Å²) in [5, 5.41) is 2.76. The van der Waals surface area contributed by atoms with Gasteiger partial charge in [-0.05, 0) is 48.4 Å². The molecule has 0 atom stereocenters. The van der Waals surface area contributed by atoms with Crippen molar-refractivity contribution in [3.05, 3.63) is 54.1 Å². The summed E-state index contributed by atoms with van der Waals surface area (Å²) in [4.78, 5) is 4.37. The quantitative estimate of drug-likeness (QED) is 0.573. The molecule has 2 rings (SSSR count). The number of hydrogen-bond acceptors (Lipinski definition) is 4. The maximum atomic E-state index is 12.1. The normalized spacial score (nSPS) is 12.7. The Hall–Kier alpha value is -2.75. The molecule has 0 amide bonds. The van der Waals surface area contributed by atoms with E-state index in [-0.39, 0.29) is 16.6 Å².